The highest BCUT2D eigenvalue weighted by Gasteiger charge is 2.47. The molecule has 0 fully saturated rings. The molecule has 1 aliphatic heterocycles. The predicted octanol–water partition coefficient (Wildman–Crippen LogP) is 2.23. The topological polar surface area (TPSA) is 93.2 Å². The minimum Gasteiger partial charge on any atom is -0.466 e. The van der Waals surface area contributed by atoms with Crippen LogP contribution < -0.4 is 15.4 Å². The van der Waals surface area contributed by atoms with Gasteiger partial charge in [-0.2, -0.15) is 0 Å². The number of nitrogens with one attached hydrogen (secondary N) is 2. The molecule has 0 saturated carbocycles. The normalized spacial score (nSPS) is 19.9. The van der Waals surface area contributed by atoms with E-state index in [1.54, 1.807) is 25.1 Å². The second kappa shape index (κ2) is 5.22. The monoisotopic (exact) mass is 338 g/mol. The first kappa shape index (κ1) is 14.7. The number of rotatable bonds is 2. The van der Waals surface area contributed by atoms with E-state index in [9.17, 15) is 9.59 Å². The number of ether oxygens (including phenoxy) is 1. The average molecular weight is 339 g/mol. The van der Waals surface area contributed by atoms with E-state index in [0.717, 1.165) is 0 Å². The van der Waals surface area contributed by atoms with E-state index >= 15 is 0 Å². The van der Waals surface area contributed by atoms with Gasteiger partial charge in [-0.3, -0.25) is 14.9 Å². The zero-order valence-electron chi connectivity index (χ0n) is 11.6. The molecule has 0 spiro atoms. The van der Waals surface area contributed by atoms with Crippen LogP contribution in [0.5, 0.6) is 5.75 Å². The van der Waals surface area contributed by atoms with Crippen molar-refractivity contribution < 1.29 is 14.3 Å². The lowest BCUT2D eigenvalue weighted by Crippen LogP contribution is -2.56. The Hall–Kier alpha value is -2.19. The van der Waals surface area contributed by atoms with Crippen LogP contribution in [0.4, 0.5) is 10.8 Å². The molecule has 2 aromatic rings. The summed E-state index contributed by atoms with van der Waals surface area (Å²) in [6.07, 6.45) is 0. The van der Waals surface area contributed by atoms with Crippen LogP contribution in [0, 0.1) is 6.92 Å². The molecule has 7 nitrogen and oxygen atoms in total. The maximum absolute atomic E-state index is 12.4. The van der Waals surface area contributed by atoms with Crippen molar-refractivity contribution in [2.45, 2.75) is 19.4 Å². The second-order valence-corrected chi connectivity index (χ2v) is 6.43. The van der Waals surface area contributed by atoms with Gasteiger partial charge in [-0.1, -0.05) is 22.9 Å². The zero-order valence-corrected chi connectivity index (χ0v) is 13.2. The Morgan fingerprint density at radius 2 is 2.23 bits per heavy atom. The van der Waals surface area contributed by atoms with Gasteiger partial charge in [0.1, 0.15) is 10.8 Å². The second-order valence-electron chi connectivity index (χ2n) is 4.81. The molecule has 9 heteroatoms. The Kier molecular flexibility index (Phi) is 3.50. The average Bonchev–Trinajstić information content (AvgIpc) is 2.86. The van der Waals surface area contributed by atoms with Crippen LogP contribution in [0.3, 0.4) is 0 Å². The Morgan fingerprint density at radius 3 is 2.91 bits per heavy atom. The molecule has 114 valence electrons. The van der Waals surface area contributed by atoms with Crippen molar-refractivity contribution in [2.75, 3.05) is 10.6 Å². The Labute approximate surface area is 134 Å². The fourth-order valence-corrected chi connectivity index (χ4v) is 2.67. The molecule has 0 saturated heterocycles. The number of hydrogen-bond acceptors (Lipinski definition) is 6. The van der Waals surface area contributed by atoms with Gasteiger partial charge < -0.3 is 10.1 Å². The highest BCUT2D eigenvalue weighted by molar-refractivity contribution is 7.15. The van der Waals surface area contributed by atoms with Crippen LogP contribution >= 0.6 is 22.9 Å². The van der Waals surface area contributed by atoms with Crippen LogP contribution in [0.2, 0.25) is 5.02 Å². The number of hydrogen-bond donors (Lipinski definition) is 2. The molecule has 2 amide bonds. The first-order valence-electron chi connectivity index (χ1n) is 6.30. The summed E-state index contributed by atoms with van der Waals surface area (Å²) >= 11 is 7.08. The SMILES string of the molecule is Cc1nnc(NC(=O)C2(C)Oc3ccc(Cl)cc3NC2=O)s1. The van der Waals surface area contributed by atoms with Gasteiger partial charge in [-0.05, 0) is 32.0 Å². The van der Waals surface area contributed by atoms with Gasteiger partial charge in [0.05, 0.1) is 5.69 Å². The highest BCUT2D eigenvalue weighted by atomic mass is 35.5. The van der Waals surface area contributed by atoms with Gasteiger partial charge in [-0.25, -0.2) is 0 Å². The Bertz CT molecular complexity index is 778. The first-order valence-corrected chi connectivity index (χ1v) is 7.49. The molecule has 1 unspecified atom stereocenters. The van der Waals surface area contributed by atoms with Crippen molar-refractivity contribution in [1.29, 1.82) is 0 Å². The summed E-state index contributed by atoms with van der Waals surface area (Å²) in [5.74, 6) is -0.835. The van der Waals surface area contributed by atoms with Gasteiger partial charge in [0.25, 0.3) is 17.4 Å². The molecule has 0 radical (unpaired) electrons. The van der Waals surface area contributed by atoms with Crippen molar-refractivity contribution >= 4 is 45.6 Å². The smallest absolute Gasteiger partial charge is 0.280 e. The van der Waals surface area contributed by atoms with Crippen molar-refractivity contribution in [1.82, 2.24) is 10.2 Å². The zero-order chi connectivity index (χ0) is 15.9. The van der Waals surface area contributed by atoms with E-state index in [1.807, 2.05) is 0 Å². The number of benzene rings is 1. The fourth-order valence-electron chi connectivity index (χ4n) is 1.91. The highest BCUT2D eigenvalue weighted by Crippen LogP contribution is 2.36. The molecule has 0 aliphatic carbocycles. The summed E-state index contributed by atoms with van der Waals surface area (Å²) in [6.45, 7) is 3.15. The molecular weight excluding hydrogens is 328 g/mol. The molecular formula is C13H11ClN4O3S. The van der Waals surface area contributed by atoms with Crippen LogP contribution in [0.15, 0.2) is 18.2 Å². The Morgan fingerprint density at radius 1 is 1.45 bits per heavy atom. The van der Waals surface area contributed by atoms with Crippen LogP contribution in [0.1, 0.15) is 11.9 Å². The summed E-state index contributed by atoms with van der Waals surface area (Å²) in [4.78, 5) is 24.7. The molecule has 1 aliphatic rings. The molecule has 1 aromatic carbocycles. The van der Waals surface area contributed by atoms with Crippen molar-refractivity contribution in [3.05, 3.63) is 28.2 Å². The van der Waals surface area contributed by atoms with Crippen molar-refractivity contribution in [2.24, 2.45) is 0 Å². The summed E-state index contributed by atoms with van der Waals surface area (Å²) in [7, 11) is 0. The van der Waals surface area contributed by atoms with E-state index in [-0.39, 0.29) is 0 Å². The van der Waals surface area contributed by atoms with E-state index in [2.05, 4.69) is 20.8 Å². The third kappa shape index (κ3) is 2.51. The quantitative estimate of drug-likeness (QED) is 0.819. The molecule has 22 heavy (non-hydrogen) atoms. The van der Waals surface area contributed by atoms with Gasteiger partial charge >= 0.3 is 0 Å². The first-order chi connectivity index (χ1) is 10.4. The lowest BCUT2D eigenvalue weighted by atomic mass is 10.0. The largest absolute Gasteiger partial charge is 0.466 e. The molecule has 1 atom stereocenters. The number of anilines is 2. The summed E-state index contributed by atoms with van der Waals surface area (Å²) in [6, 6.07) is 4.77. The van der Waals surface area contributed by atoms with E-state index in [1.165, 1.54) is 18.3 Å². The number of carbonyl (C=O) groups excluding carboxylic acids is 2. The van der Waals surface area contributed by atoms with E-state index < -0.39 is 17.4 Å². The predicted molar refractivity (Wildman–Crippen MR) is 82.4 cm³/mol. The van der Waals surface area contributed by atoms with Crippen molar-refractivity contribution in [3.8, 4) is 5.75 Å². The van der Waals surface area contributed by atoms with Gasteiger partial charge in [0.15, 0.2) is 0 Å². The molecule has 1 aromatic heterocycles. The number of aryl methyl sites for hydroxylation is 1. The number of carbonyl (C=O) groups is 2. The molecule has 2 N–H and O–H groups in total. The van der Waals surface area contributed by atoms with Crippen LogP contribution in [-0.2, 0) is 9.59 Å². The maximum atomic E-state index is 12.4. The summed E-state index contributed by atoms with van der Waals surface area (Å²) in [5, 5.41) is 14.2. The number of aromatic nitrogens is 2. The minimum atomic E-state index is -1.71. The number of amides is 2. The molecule has 2 heterocycles. The minimum absolute atomic E-state index is 0.307. The van der Waals surface area contributed by atoms with E-state index in [4.69, 9.17) is 16.3 Å². The fraction of sp³-hybridized carbons (Fsp3) is 0.231. The molecule has 3 rings (SSSR count). The third-order valence-electron chi connectivity index (χ3n) is 3.12. The standard InChI is InChI=1S/C13H11ClN4O3S/c1-6-17-18-12(22-6)16-11(20)13(2)10(19)15-8-5-7(14)3-4-9(8)21-13/h3-5H,1-2H3,(H,15,19)(H,16,18,20). The Balaban J connectivity index is 1.87. The van der Waals surface area contributed by atoms with Crippen molar-refractivity contribution in [3.63, 3.8) is 0 Å². The number of nitrogens with zero attached hydrogens (tertiary/aromatic N) is 2. The number of fused-ring (bicyclic) bond motifs is 1. The third-order valence-corrected chi connectivity index (χ3v) is 4.11. The lowest BCUT2D eigenvalue weighted by Gasteiger charge is -2.32. The van der Waals surface area contributed by atoms with Gasteiger partial charge in [-0.15, -0.1) is 10.2 Å². The summed E-state index contributed by atoms with van der Waals surface area (Å²) in [5.41, 5.74) is -1.28. The van der Waals surface area contributed by atoms with Gasteiger partial charge in [0, 0.05) is 5.02 Å². The van der Waals surface area contributed by atoms with Crippen LogP contribution in [-0.4, -0.2) is 27.6 Å². The molecule has 0 bridgehead atoms. The maximum Gasteiger partial charge on any atom is 0.280 e. The summed E-state index contributed by atoms with van der Waals surface area (Å²) < 4.78 is 5.60. The van der Waals surface area contributed by atoms with Gasteiger partial charge in [0.2, 0.25) is 5.13 Å². The number of halogens is 1. The lowest BCUT2D eigenvalue weighted by molar-refractivity contribution is -0.143. The van der Waals surface area contributed by atoms with Crippen LogP contribution in [0.25, 0.3) is 0 Å². The van der Waals surface area contributed by atoms with E-state index in [0.29, 0.717) is 26.6 Å².